The highest BCUT2D eigenvalue weighted by atomic mass is 32.2. The molecule has 0 aromatic carbocycles. The molecule has 1 unspecified atom stereocenters. The van der Waals surface area contributed by atoms with Gasteiger partial charge in [0.1, 0.15) is 0 Å². The third-order valence-electron chi connectivity index (χ3n) is 2.21. The molecule has 0 aliphatic heterocycles. The van der Waals surface area contributed by atoms with E-state index in [0.29, 0.717) is 0 Å². The lowest BCUT2D eigenvalue weighted by Gasteiger charge is -2.42. The zero-order valence-corrected chi connectivity index (χ0v) is 7.94. The molecule has 1 fully saturated rings. The van der Waals surface area contributed by atoms with Gasteiger partial charge < -0.3 is 0 Å². The Hall–Kier alpha value is -0.0900. The van der Waals surface area contributed by atoms with Crippen LogP contribution in [0.2, 0.25) is 0 Å². The normalized spacial score (nSPS) is 29.5. The summed E-state index contributed by atoms with van der Waals surface area (Å²) in [6.45, 7) is 4.04. The Bertz CT molecular complexity index is 240. The molecular weight excluding hydrogens is 164 g/mol. The lowest BCUT2D eigenvalue weighted by Crippen LogP contribution is -2.42. The highest BCUT2D eigenvalue weighted by Crippen LogP contribution is 2.42. The van der Waals surface area contributed by atoms with Crippen molar-refractivity contribution in [2.24, 2.45) is 5.41 Å². The summed E-state index contributed by atoms with van der Waals surface area (Å²) in [7, 11) is -3.26. The largest absolute Gasteiger partial charge is 0.266 e. The van der Waals surface area contributed by atoms with E-state index in [4.69, 9.17) is 4.18 Å². The summed E-state index contributed by atoms with van der Waals surface area (Å²) in [5.41, 5.74) is 0.0447. The van der Waals surface area contributed by atoms with Gasteiger partial charge in [0.2, 0.25) is 0 Å². The van der Waals surface area contributed by atoms with Crippen molar-refractivity contribution in [3.63, 3.8) is 0 Å². The predicted octanol–water partition coefficient (Wildman–Crippen LogP) is 1.15. The van der Waals surface area contributed by atoms with Crippen LogP contribution in [0.15, 0.2) is 0 Å². The SMILES string of the molecule is CC1(C)CCC1OS(C)(=O)=O. The molecule has 1 atom stereocenters. The summed E-state index contributed by atoms with van der Waals surface area (Å²) in [6, 6.07) is 0. The Morgan fingerprint density at radius 2 is 2.00 bits per heavy atom. The van der Waals surface area contributed by atoms with Crippen LogP contribution in [0.3, 0.4) is 0 Å². The summed E-state index contributed by atoms with van der Waals surface area (Å²) in [6.07, 6.45) is 2.91. The Labute approximate surface area is 67.9 Å². The van der Waals surface area contributed by atoms with Gasteiger partial charge in [-0.15, -0.1) is 0 Å². The summed E-state index contributed by atoms with van der Waals surface area (Å²) in [4.78, 5) is 0. The molecule has 1 aliphatic rings. The van der Waals surface area contributed by atoms with Crippen LogP contribution in [-0.4, -0.2) is 20.8 Å². The lowest BCUT2D eigenvalue weighted by molar-refractivity contribution is -0.0132. The molecule has 0 radical (unpaired) electrons. The monoisotopic (exact) mass is 178 g/mol. The zero-order valence-electron chi connectivity index (χ0n) is 7.12. The number of hydrogen-bond donors (Lipinski definition) is 0. The second-order valence-corrected chi connectivity index (χ2v) is 5.42. The molecule has 0 saturated heterocycles. The number of rotatable bonds is 2. The van der Waals surface area contributed by atoms with Gasteiger partial charge in [0.25, 0.3) is 10.1 Å². The smallest absolute Gasteiger partial charge is 0.264 e. The molecule has 1 saturated carbocycles. The third kappa shape index (κ3) is 2.17. The molecule has 0 aromatic rings. The third-order valence-corrected chi connectivity index (χ3v) is 2.80. The molecule has 0 N–H and O–H groups in total. The van der Waals surface area contributed by atoms with Crippen LogP contribution in [0.1, 0.15) is 26.7 Å². The van der Waals surface area contributed by atoms with E-state index in [9.17, 15) is 8.42 Å². The van der Waals surface area contributed by atoms with Gasteiger partial charge in [0.15, 0.2) is 0 Å². The minimum atomic E-state index is -3.26. The fraction of sp³-hybridized carbons (Fsp3) is 1.00. The van der Waals surface area contributed by atoms with Crippen molar-refractivity contribution >= 4 is 10.1 Å². The molecular formula is C7H14O3S. The van der Waals surface area contributed by atoms with Crippen molar-refractivity contribution in [1.29, 1.82) is 0 Å². The summed E-state index contributed by atoms with van der Waals surface area (Å²) >= 11 is 0. The highest BCUT2D eigenvalue weighted by molar-refractivity contribution is 7.86. The van der Waals surface area contributed by atoms with Gasteiger partial charge in [-0.3, -0.25) is 4.18 Å². The molecule has 1 rings (SSSR count). The van der Waals surface area contributed by atoms with E-state index in [1.165, 1.54) is 0 Å². The van der Waals surface area contributed by atoms with Crippen LogP contribution < -0.4 is 0 Å². The standard InChI is InChI=1S/C7H14O3S/c1-7(2)5-4-6(7)10-11(3,8)9/h6H,4-5H2,1-3H3. The van der Waals surface area contributed by atoms with E-state index in [0.717, 1.165) is 19.1 Å². The van der Waals surface area contributed by atoms with Gasteiger partial charge in [0.05, 0.1) is 12.4 Å². The zero-order chi connectivity index (χ0) is 8.70. The van der Waals surface area contributed by atoms with E-state index in [1.54, 1.807) is 0 Å². The van der Waals surface area contributed by atoms with Gasteiger partial charge >= 0.3 is 0 Å². The van der Waals surface area contributed by atoms with Crippen molar-refractivity contribution < 1.29 is 12.6 Å². The van der Waals surface area contributed by atoms with E-state index >= 15 is 0 Å². The topological polar surface area (TPSA) is 43.4 Å². The molecule has 0 amide bonds. The van der Waals surface area contributed by atoms with Crippen LogP contribution in [0.25, 0.3) is 0 Å². The summed E-state index contributed by atoms with van der Waals surface area (Å²) in [5, 5.41) is 0. The van der Waals surface area contributed by atoms with E-state index in [1.807, 2.05) is 13.8 Å². The van der Waals surface area contributed by atoms with Crippen LogP contribution >= 0.6 is 0 Å². The average molecular weight is 178 g/mol. The molecule has 0 bridgehead atoms. The lowest BCUT2D eigenvalue weighted by atomic mass is 9.69. The van der Waals surface area contributed by atoms with Crippen molar-refractivity contribution in [3.8, 4) is 0 Å². The molecule has 11 heavy (non-hydrogen) atoms. The van der Waals surface area contributed by atoms with E-state index in [2.05, 4.69) is 0 Å². The number of hydrogen-bond acceptors (Lipinski definition) is 3. The molecule has 0 spiro atoms. The van der Waals surface area contributed by atoms with E-state index < -0.39 is 10.1 Å². The first-order chi connectivity index (χ1) is 4.81. The summed E-state index contributed by atoms with van der Waals surface area (Å²) < 4.78 is 26.3. The van der Waals surface area contributed by atoms with Crippen molar-refractivity contribution in [3.05, 3.63) is 0 Å². The van der Waals surface area contributed by atoms with Gasteiger partial charge in [-0.05, 0) is 18.3 Å². The van der Waals surface area contributed by atoms with Crippen molar-refractivity contribution in [1.82, 2.24) is 0 Å². The van der Waals surface area contributed by atoms with Crippen molar-refractivity contribution in [2.45, 2.75) is 32.8 Å². The van der Waals surface area contributed by atoms with Crippen molar-refractivity contribution in [2.75, 3.05) is 6.26 Å². The first-order valence-electron chi connectivity index (χ1n) is 3.69. The van der Waals surface area contributed by atoms with Gasteiger partial charge in [-0.2, -0.15) is 8.42 Å². The van der Waals surface area contributed by atoms with Crippen LogP contribution in [0.5, 0.6) is 0 Å². The fourth-order valence-corrected chi connectivity index (χ4v) is 2.01. The molecule has 0 aromatic heterocycles. The van der Waals surface area contributed by atoms with Crippen LogP contribution in [-0.2, 0) is 14.3 Å². The molecule has 0 heterocycles. The minimum Gasteiger partial charge on any atom is -0.266 e. The molecule has 66 valence electrons. The quantitative estimate of drug-likeness (QED) is 0.596. The van der Waals surface area contributed by atoms with Gasteiger partial charge in [-0.25, -0.2) is 0 Å². The predicted molar refractivity (Wildman–Crippen MR) is 42.7 cm³/mol. The van der Waals surface area contributed by atoms with Crippen LogP contribution in [0.4, 0.5) is 0 Å². The average Bonchev–Trinajstić information content (AvgIpc) is 1.79. The van der Waals surface area contributed by atoms with Gasteiger partial charge in [-0.1, -0.05) is 13.8 Å². The Morgan fingerprint density at radius 3 is 2.09 bits per heavy atom. The first-order valence-corrected chi connectivity index (χ1v) is 5.51. The highest BCUT2D eigenvalue weighted by Gasteiger charge is 2.41. The molecule has 1 aliphatic carbocycles. The maximum atomic E-state index is 10.7. The minimum absolute atomic E-state index is 0.0447. The molecule has 3 nitrogen and oxygen atoms in total. The summed E-state index contributed by atoms with van der Waals surface area (Å²) in [5.74, 6) is 0. The fourth-order valence-electron chi connectivity index (χ4n) is 1.23. The first kappa shape index (κ1) is 9.00. The van der Waals surface area contributed by atoms with Crippen LogP contribution in [0, 0.1) is 5.41 Å². The Morgan fingerprint density at radius 1 is 1.45 bits per heavy atom. The van der Waals surface area contributed by atoms with E-state index in [-0.39, 0.29) is 11.5 Å². The Kier molecular flexibility index (Phi) is 2.01. The maximum Gasteiger partial charge on any atom is 0.264 e. The van der Waals surface area contributed by atoms with Gasteiger partial charge in [0, 0.05) is 0 Å². The molecule has 4 heteroatoms. The maximum absolute atomic E-state index is 10.7. The second kappa shape index (κ2) is 2.45. The second-order valence-electron chi connectivity index (χ2n) is 3.82. The Balaban J connectivity index is 2.53.